The maximum absolute atomic E-state index is 12.5. The molecular formula is C29H32N8O4. The van der Waals surface area contributed by atoms with Crippen molar-refractivity contribution in [3.8, 4) is 11.5 Å². The van der Waals surface area contributed by atoms with Crippen LogP contribution in [0.1, 0.15) is 44.7 Å². The molecule has 5 aromatic rings. The molecule has 1 aliphatic rings. The normalized spacial score (nSPS) is 15.3. The first-order valence-corrected chi connectivity index (χ1v) is 13.5. The van der Waals surface area contributed by atoms with Gasteiger partial charge in [-0.1, -0.05) is 0 Å². The maximum atomic E-state index is 12.5. The van der Waals surface area contributed by atoms with Crippen LogP contribution in [-0.2, 0) is 10.3 Å². The molecule has 12 nitrogen and oxygen atoms in total. The highest BCUT2D eigenvalue weighted by atomic mass is 16.6. The van der Waals surface area contributed by atoms with Gasteiger partial charge in [-0.25, -0.2) is 23.8 Å². The number of fused-ring (bicyclic) bond motifs is 2. The van der Waals surface area contributed by atoms with Crippen molar-refractivity contribution in [1.29, 1.82) is 0 Å². The molecule has 0 radical (unpaired) electrons. The molecule has 0 bridgehead atoms. The molecule has 0 atom stereocenters. The standard InChI is InChI=1S/C29H32N8O4/c1-19-15-20(5-6-23(19)40-21-7-11-36-24(16-21)30-17-32-36)34-26-25-22(8-12-37(25)33-18-31-26)29(39)9-13-35(14-10-29)27(38)41-28(2,3)4/h5-8,11-12,15-18,39H,9-10,13-14H2,1-4H3,(H,31,33,34). The Morgan fingerprint density at radius 2 is 1.73 bits per heavy atom. The highest BCUT2D eigenvalue weighted by Gasteiger charge is 2.39. The van der Waals surface area contributed by atoms with Gasteiger partial charge in [0.15, 0.2) is 11.5 Å². The molecule has 5 heterocycles. The van der Waals surface area contributed by atoms with Crippen molar-refractivity contribution in [2.24, 2.45) is 0 Å². The second kappa shape index (κ2) is 10.0. The summed E-state index contributed by atoms with van der Waals surface area (Å²) in [7, 11) is 0. The van der Waals surface area contributed by atoms with Crippen LogP contribution in [0.5, 0.6) is 11.5 Å². The Hall–Kier alpha value is -4.71. The fraction of sp³-hybridized carbons (Fsp3) is 0.345. The molecule has 0 saturated carbocycles. The molecule has 12 heteroatoms. The molecule has 0 aliphatic carbocycles. The first-order valence-electron chi connectivity index (χ1n) is 13.5. The Morgan fingerprint density at radius 3 is 2.49 bits per heavy atom. The number of nitrogens with zero attached hydrogens (tertiary/aromatic N) is 7. The van der Waals surface area contributed by atoms with Crippen molar-refractivity contribution >= 4 is 28.8 Å². The number of aromatic nitrogens is 6. The maximum Gasteiger partial charge on any atom is 0.410 e. The van der Waals surface area contributed by atoms with Gasteiger partial charge >= 0.3 is 6.09 Å². The lowest BCUT2D eigenvalue weighted by atomic mass is 9.85. The second-order valence-electron chi connectivity index (χ2n) is 11.3. The number of ether oxygens (including phenoxy) is 2. The summed E-state index contributed by atoms with van der Waals surface area (Å²) in [5.41, 5.74) is 2.10. The predicted octanol–water partition coefficient (Wildman–Crippen LogP) is 4.83. The molecule has 41 heavy (non-hydrogen) atoms. The van der Waals surface area contributed by atoms with Crippen LogP contribution in [0, 0.1) is 6.92 Å². The van der Waals surface area contributed by atoms with Crippen molar-refractivity contribution in [3.63, 3.8) is 0 Å². The van der Waals surface area contributed by atoms with Gasteiger partial charge in [-0.3, -0.25) is 0 Å². The largest absolute Gasteiger partial charge is 0.457 e. The highest BCUT2D eigenvalue weighted by molar-refractivity contribution is 5.78. The van der Waals surface area contributed by atoms with E-state index >= 15 is 0 Å². The summed E-state index contributed by atoms with van der Waals surface area (Å²) < 4.78 is 15.0. The zero-order chi connectivity index (χ0) is 28.8. The van der Waals surface area contributed by atoms with Crippen LogP contribution in [0.15, 0.2) is 61.4 Å². The molecule has 0 spiro atoms. The quantitative estimate of drug-likeness (QED) is 0.312. The summed E-state index contributed by atoms with van der Waals surface area (Å²) in [6, 6.07) is 11.3. The second-order valence-corrected chi connectivity index (χ2v) is 11.3. The van der Waals surface area contributed by atoms with Gasteiger partial charge in [-0.05, 0) is 76.4 Å². The molecule has 1 amide bonds. The first-order chi connectivity index (χ1) is 19.6. The number of likely N-dealkylation sites (tertiary alicyclic amines) is 1. The Balaban J connectivity index is 1.21. The van der Waals surface area contributed by atoms with Gasteiger partial charge < -0.3 is 24.8 Å². The Bertz CT molecular complexity index is 1730. The molecule has 6 rings (SSSR count). The lowest BCUT2D eigenvalue weighted by molar-refractivity contribution is -0.0347. The summed E-state index contributed by atoms with van der Waals surface area (Å²) >= 11 is 0. The van der Waals surface area contributed by atoms with Gasteiger partial charge in [-0.15, -0.1) is 0 Å². The van der Waals surface area contributed by atoms with Crippen molar-refractivity contribution in [2.45, 2.75) is 51.7 Å². The Kier molecular flexibility index (Phi) is 6.49. The molecule has 2 N–H and O–H groups in total. The Labute approximate surface area is 236 Å². The summed E-state index contributed by atoms with van der Waals surface area (Å²) in [4.78, 5) is 22.9. The van der Waals surface area contributed by atoms with Crippen LogP contribution in [0.2, 0.25) is 0 Å². The van der Waals surface area contributed by atoms with Gasteiger partial charge in [0.1, 0.15) is 35.3 Å². The molecule has 1 saturated heterocycles. The molecule has 212 valence electrons. The fourth-order valence-electron chi connectivity index (χ4n) is 5.04. The lowest BCUT2D eigenvalue weighted by Crippen LogP contribution is -2.46. The van der Waals surface area contributed by atoms with Crippen LogP contribution in [-0.4, -0.2) is 64.0 Å². The van der Waals surface area contributed by atoms with E-state index < -0.39 is 11.2 Å². The van der Waals surface area contributed by atoms with Crippen molar-refractivity contribution in [1.82, 2.24) is 34.1 Å². The van der Waals surface area contributed by atoms with E-state index in [9.17, 15) is 9.90 Å². The van der Waals surface area contributed by atoms with E-state index in [0.29, 0.717) is 60.0 Å². The Morgan fingerprint density at radius 1 is 1.00 bits per heavy atom. The predicted molar refractivity (Wildman–Crippen MR) is 151 cm³/mol. The number of rotatable bonds is 5. The molecule has 1 aromatic carbocycles. The number of aliphatic hydroxyl groups is 1. The van der Waals surface area contributed by atoms with Crippen molar-refractivity contribution in [3.05, 3.63) is 72.6 Å². The van der Waals surface area contributed by atoms with E-state index in [1.54, 1.807) is 20.1 Å². The summed E-state index contributed by atoms with van der Waals surface area (Å²) in [6.45, 7) is 8.25. The zero-order valence-electron chi connectivity index (χ0n) is 23.4. The topological polar surface area (TPSA) is 131 Å². The number of anilines is 2. The van der Waals surface area contributed by atoms with Gasteiger partial charge in [0, 0.05) is 42.8 Å². The molecule has 1 fully saturated rings. The third-order valence-electron chi connectivity index (χ3n) is 7.12. The third-order valence-corrected chi connectivity index (χ3v) is 7.12. The van der Waals surface area contributed by atoms with Crippen LogP contribution in [0.3, 0.4) is 0 Å². The van der Waals surface area contributed by atoms with E-state index in [0.717, 1.165) is 11.3 Å². The minimum Gasteiger partial charge on any atom is -0.457 e. The van der Waals surface area contributed by atoms with Crippen LogP contribution in [0.4, 0.5) is 16.3 Å². The summed E-state index contributed by atoms with van der Waals surface area (Å²) in [5, 5.41) is 23.6. The van der Waals surface area contributed by atoms with Crippen LogP contribution in [0.25, 0.3) is 11.2 Å². The van der Waals surface area contributed by atoms with E-state index in [2.05, 4.69) is 25.5 Å². The number of carbonyl (C=O) groups is 1. The third kappa shape index (κ3) is 5.38. The first kappa shape index (κ1) is 26.5. The zero-order valence-corrected chi connectivity index (χ0v) is 23.4. The minimum atomic E-state index is -1.15. The van der Waals surface area contributed by atoms with Gasteiger partial charge in [0.2, 0.25) is 0 Å². The molecular weight excluding hydrogens is 524 g/mol. The van der Waals surface area contributed by atoms with Gasteiger partial charge in [-0.2, -0.15) is 10.2 Å². The number of nitrogens with one attached hydrogen (secondary N) is 1. The van der Waals surface area contributed by atoms with Gasteiger partial charge in [0.25, 0.3) is 0 Å². The van der Waals surface area contributed by atoms with Crippen LogP contribution >= 0.6 is 0 Å². The smallest absolute Gasteiger partial charge is 0.410 e. The van der Waals surface area contributed by atoms with E-state index in [1.165, 1.54) is 12.7 Å². The molecule has 4 aromatic heterocycles. The number of aryl methyl sites for hydroxylation is 1. The fourth-order valence-corrected chi connectivity index (χ4v) is 5.04. The van der Waals surface area contributed by atoms with Crippen molar-refractivity contribution in [2.75, 3.05) is 18.4 Å². The molecule has 1 aliphatic heterocycles. The average Bonchev–Trinajstić information content (AvgIpc) is 3.57. The number of hydrogen-bond donors (Lipinski definition) is 2. The number of amides is 1. The van der Waals surface area contributed by atoms with E-state index in [-0.39, 0.29) is 6.09 Å². The number of hydrogen-bond acceptors (Lipinski definition) is 9. The number of benzene rings is 1. The van der Waals surface area contributed by atoms with Crippen LogP contribution < -0.4 is 10.1 Å². The lowest BCUT2D eigenvalue weighted by Gasteiger charge is -2.38. The number of pyridine rings is 1. The number of piperidine rings is 1. The summed E-state index contributed by atoms with van der Waals surface area (Å²) in [6.07, 6.45) is 6.94. The monoisotopic (exact) mass is 556 g/mol. The van der Waals surface area contributed by atoms with Gasteiger partial charge in [0.05, 0.1) is 5.60 Å². The summed E-state index contributed by atoms with van der Waals surface area (Å²) in [5.74, 6) is 1.94. The highest BCUT2D eigenvalue weighted by Crippen LogP contribution is 2.38. The SMILES string of the molecule is Cc1cc(Nc2ncnn3ccc(C4(O)CCN(C(=O)OC(C)(C)C)CC4)c23)ccc1Oc1ccn2ncnc2c1. The van der Waals surface area contributed by atoms with E-state index in [1.807, 2.05) is 70.3 Å². The minimum absolute atomic E-state index is 0.367. The molecule has 0 unspecified atom stereocenters. The van der Waals surface area contributed by atoms with Crippen molar-refractivity contribution < 1.29 is 19.4 Å². The van der Waals surface area contributed by atoms with E-state index in [4.69, 9.17) is 9.47 Å². The number of carbonyl (C=O) groups excluding carboxylic acids is 1. The average molecular weight is 557 g/mol.